The number of thiazole rings is 1. The standard InChI is InChI=1S/C22H15N2S/c1-2-9-16(10-3-1)24-19-13-7-6-12-18(19)20-22(24)25-21-17-11-5-4-8-15(17)14-23(20)21/h1-13H,14H2/q+1. The van der Waals surface area contributed by atoms with Crippen molar-refractivity contribution in [3.63, 3.8) is 0 Å². The predicted molar refractivity (Wildman–Crippen MR) is 103 cm³/mol. The van der Waals surface area contributed by atoms with Crippen molar-refractivity contribution in [1.82, 2.24) is 4.57 Å². The summed E-state index contributed by atoms with van der Waals surface area (Å²) in [5, 5.41) is 2.70. The van der Waals surface area contributed by atoms with Crippen molar-refractivity contribution in [2.75, 3.05) is 0 Å². The van der Waals surface area contributed by atoms with Crippen LogP contribution in [0.3, 0.4) is 0 Å². The summed E-state index contributed by atoms with van der Waals surface area (Å²) in [6.07, 6.45) is 0. The van der Waals surface area contributed by atoms with Crippen LogP contribution in [-0.2, 0) is 6.54 Å². The summed E-state index contributed by atoms with van der Waals surface area (Å²) in [4.78, 5) is 1.33. The molecule has 2 aromatic heterocycles. The Morgan fingerprint density at radius 3 is 2.48 bits per heavy atom. The summed E-state index contributed by atoms with van der Waals surface area (Å²) in [5.41, 5.74) is 6.67. The van der Waals surface area contributed by atoms with Crippen molar-refractivity contribution in [1.29, 1.82) is 0 Å². The van der Waals surface area contributed by atoms with Crippen LogP contribution in [0.25, 0.3) is 37.5 Å². The topological polar surface area (TPSA) is 8.81 Å². The summed E-state index contributed by atoms with van der Waals surface area (Å²) in [5.74, 6) is 0. The lowest BCUT2D eigenvalue weighted by Gasteiger charge is -2.04. The zero-order chi connectivity index (χ0) is 16.4. The predicted octanol–water partition coefficient (Wildman–Crippen LogP) is 5.16. The molecule has 25 heavy (non-hydrogen) atoms. The molecule has 0 aliphatic carbocycles. The summed E-state index contributed by atoms with van der Waals surface area (Å²) < 4.78 is 4.90. The van der Waals surface area contributed by atoms with Crippen LogP contribution in [0.15, 0.2) is 78.9 Å². The second kappa shape index (κ2) is 4.80. The van der Waals surface area contributed by atoms with Crippen molar-refractivity contribution in [2.24, 2.45) is 0 Å². The van der Waals surface area contributed by atoms with E-state index in [1.807, 2.05) is 11.3 Å². The Balaban J connectivity index is 1.78. The van der Waals surface area contributed by atoms with E-state index in [2.05, 4.69) is 88.0 Å². The van der Waals surface area contributed by atoms with Gasteiger partial charge in [-0.15, -0.1) is 0 Å². The Bertz CT molecular complexity index is 1260. The van der Waals surface area contributed by atoms with E-state index < -0.39 is 0 Å². The van der Waals surface area contributed by atoms with Gasteiger partial charge >= 0.3 is 0 Å². The molecule has 0 saturated heterocycles. The molecule has 2 nitrogen and oxygen atoms in total. The van der Waals surface area contributed by atoms with Crippen LogP contribution < -0.4 is 4.57 Å². The molecule has 5 aromatic rings. The first-order chi connectivity index (χ1) is 12.4. The molecule has 1 aliphatic heterocycles. The first-order valence-electron chi connectivity index (χ1n) is 8.51. The van der Waals surface area contributed by atoms with Crippen LogP contribution >= 0.6 is 11.3 Å². The molecular formula is C22H15N2S+. The summed E-state index contributed by atoms with van der Waals surface area (Å²) in [6, 6.07) is 28.2. The number of rotatable bonds is 1. The molecule has 6 rings (SSSR count). The minimum Gasteiger partial charge on any atom is -0.295 e. The van der Waals surface area contributed by atoms with Gasteiger partial charge < -0.3 is 0 Å². The van der Waals surface area contributed by atoms with Crippen LogP contribution in [0.2, 0.25) is 0 Å². The largest absolute Gasteiger partial charge is 0.295 e. The number of hydrogen-bond acceptors (Lipinski definition) is 1. The maximum absolute atomic E-state index is 2.49. The first kappa shape index (κ1) is 13.4. The molecule has 0 amide bonds. The van der Waals surface area contributed by atoms with Crippen LogP contribution in [-0.4, -0.2) is 4.57 Å². The third kappa shape index (κ3) is 1.71. The van der Waals surface area contributed by atoms with Gasteiger partial charge in [-0.05, 0) is 41.7 Å². The number of benzene rings is 3. The minimum atomic E-state index is 0.967. The molecule has 1 aliphatic rings. The van der Waals surface area contributed by atoms with E-state index in [-0.39, 0.29) is 0 Å². The van der Waals surface area contributed by atoms with Crippen molar-refractivity contribution < 1.29 is 4.57 Å². The fourth-order valence-corrected chi connectivity index (χ4v) is 5.39. The maximum Gasteiger partial charge on any atom is 0.272 e. The normalized spacial score (nSPS) is 12.6. The van der Waals surface area contributed by atoms with Crippen molar-refractivity contribution in [3.05, 3.63) is 84.4 Å². The Morgan fingerprint density at radius 2 is 1.56 bits per heavy atom. The first-order valence-corrected chi connectivity index (χ1v) is 9.33. The van der Waals surface area contributed by atoms with E-state index in [1.165, 1.54) is 43.1 Å². The van der Waals surface area contributed by atoms with E-state index in [0.717, 1.165) is 6.54 Å². The highest BCUT2D eigenvalue weighted by Crippen LogP contribution is 2.40. The number of nitrogens with zero attached hydrogens (tertiary/aromatic N) is 2. The SMILES string of the molecule is c1ccc(-n2c3ccccc3c3c2sc2[n+]3Cc3ccccc3-2)cc1. The highest BCUT2D eigenvalue weighted by atomic mass is 32.1. The van der Waals surface area contributed by atoms with Gasteiger partial charge in [0.2, 0.25) is 0 Å². The van der Waals surface area contributed by atoms with E-state index in [0.29, 0.717) is 0 Å². The minimum absolute atomic E-state index is 0.967. The lowest BCUT2D eigenvalue weighted by molar-refractivity contribution is -0.641. The van der Waals surface area contributed by atoms with Crippen LogP contribution in [0.4, 0.5) is 0 Å². The highest BCUT2D eigenvalue weighted by molar-refractivity contribution is 7.21. The maximum atomic E-state index is 2.49. The Hall–Kier alpha value is -2.91. The smallest absolute Gasteiger partial charge is 0.272 e. The average molecular weight is 339 g/mol. The van der Waals surface area contributed by atoms with Gasteiger partial charge in [0.25, 0.3) is 10.5 Å². The van der Waals surface area contributed by atoms with E-state index in [9.17, 15) is 0 Å². The summed E-state index contributed by atoms with van der Waals surface area (Å²) >= 11 is 1.90. The number of hydrogen-bond donors (Lipinski definition) is 0. The van der Waals surface area contributed by atoms with E-state index in [4.69, 9.17) is 0 Å². The molecule has 0 radical (unpaired) electrons. The third-order valence-electron chi connectivity index (χ3n) is 5.10. The fourth-order valence-electron chi connectivity index (χ4n) is 4.02. The van der Waals surface area contributed by atoms with Crippen LogP contribution in [0, 0.1) is 0 Å². The van der Waals surface area contributed by atoms with Crippen LogP contribution in [0.5, 0.6) is 0 Å². The Kier molecular flexibility index (Phi) is 2.57. The van der Waals surface area contributed by atoms with Crippen molar-refractivity contribution in [3.8, 4) is 16.3 Å². The molecule has 0 saturated carbocycles. The molecule has 0 bridgehead atoms. The fraction of sp³-hybridized carbons (Fsp3) is 0.0455. The van der Waals surface area contributed by atoms with E-state index in [1.54, 1.807) is 0 Å². The summed E-state index contributed by atoms with van der Waals surface area (Å²) in [6.45, 7) is 0.967. The van der Waals surface area contributed by atoms with Crippen molar-refractivity contribution >= 4 is 32.6 Å². The monoisotopic (exact) mass is 339 g/mol. The second-order valence-electron chi connectivity index (χ2n) is 6.49. The van der Waals surface area contributed by atoms with Gasteiger partial charge in [-0.1, -0.05) is 48.5 Å². The molecular weight excluding hydrogens is 324 g/mol. The average Bonchev–Trinajstić information content (AvgIpc) is 3.29. The molecule has 0 spiro atoms. The number of fused-ring (bicyclic) bond motifs is 7. The van der Waals surface area contributed by atoms with Gasteiger partial charge in [-0.2, -0.15) is 4.57 Å². The highest BCUT2D eigenvalue weighted by Gasteiger charge is 2.34. The molecule has 3 heterocycles. The zero-order valence-corrected chi connectivity index (χ0v) is 14.3. The Labute approximate surface area is 149 Å². The van der Waals surface area contributed by atoms with Gasteiger partial charge in [0.05, 0.1) is 16.5 Å². The Morgan fingerprint density at radius 1 is 0.800 bits per heavy atom. The quantitative estimate of drug-likeness (QED) is 0.366. The lowest BCUT2D eigenvalue weighted by atomic mass is 10.1. The summed E-state index contributed by atoms with van der Waals surface area (Å²) in [7, 11) is 0. The number of para-hydroxylation sites is 2. The van der Waals surface area contributed by atoms with Crippen molar-refractivity contribution in [2.45, 2.75) is 6.54 Å². The molecule has 3 heteroatoms. The molecule has 0 unspecified atom stereocenters. The van der Waals surface area contributed by atoms with Crippen LogP contribution in [0.1, 0.15) is 5.56 Å². The molecule has 3 aromatic carbocycles. The molecule has 118 valence electrons. The van der Waals surface area contributed by atoms with E-state index >= 15 is 0 Å². The lowest BCUT2D eigenvalue weighted by Crippen LogP contribution is -2.30. The molecule has 0 atom stereocenters. The number of aromatic nitrogens is 2. The second-order valence-corrected chi connectivity index (χ2v) is 7.47. The van der Waals surface area contributed by atoms with Gasteiger partial charge in [0.1, 0.15) is 0 Å². The van der Waals surface area contributed by atoms with Gasteiger partial charge in [-0.3, -0.25) is 4.57 Å². The van der Waals surface area contributed by atoms with Gasteiger partial charge in [0, 0.05) is 11.3 Å². The molecule has 0 N–H and O–H groups in total. The third-order valence-corrected chi connectivity index (χ3v) is 6.31. The van der Waals surface area contributed by atoms with Gasteiger partial charge in [-0.25, -0.2) is 0 Å². The zero-order valence-electron chi connectivity index (χ0n) is 13.5. The molecule has 0 fully saturated rings. The van der Waals surface area contributed by atoms with Gasteiger partial charge in [0.15, 0.2) is 11.4 Å².